The first-order chi connectivity index (χ1) is 9.99. The molecule has 0 saturated carbocycles. The minimum atomic E-state index is -0.964. The Balaban J connectivity index is 1.86. The first kappa shape index (κ1) is 16.4. The van der Waals surface area contributed by atoms with E-state index in [0.717, 1.165) is 6.42 Å². The van der Waals surface area contributed by atoms with Crippen LogP contribution in [0.25, 0.3) is 0 Å². The molecule has 116 valence electrons. The van der Waals surface area contributed by atoms with Crippen LogP contribution in [0.1, 0.15) is 25.0 Å². The lowest BCUT2D eigenvalue weighted by atomic mass is 10.1. The van der Waals surface area contributed by atoms with Gasteiger partial charge in [0.15, 0.2) is 0 Å². The minimum Gasteiger partial charge on any atom is -0.386 e. The summed E-state index contributed by atoms with van der Waals surface area (Å²) in [6, 6.07) is 4.63. The molecular formula is C14H18Cl2N2O3. The van der Waals surface area contributed by atoms with Gasteiger partial charge in [-0.2, -0.15) is 0 Å². The van der Waals surface area contributed by atoms with Crippen LogP contribution < -0.4 is 10.6 Å². The summed E-state index contributed by atoms with van der Waals surface area (Å²) < 4.78 is 5.37. The van der Waals surface area contributed by atoms with E-state index in [-0.39, 0.29) is 24.7 Å². The first-order valence-corrected chi connectivity index (χ1v) is 7.52. The molecular weight excluding hydrogens is 315 g/mol. The maximum absolute atomic E-state index is 11.8. The predicted molar refractivity (Wildman–Crippen MR) is 81.8 cm³/mol. The lowest BCUT2D eigenvalue weighted by molar-refractivity contribution is 0.113. The van der Waals surface area contributed by atoms with E-state index in [0.29, 0.717) is 22.2 Å². The standard InChI is InChI=1S/C14H18Cl2N2O3/c1-8-11(5-6-21-8)18-14(20)17-7-12(19)13-9(15)3-2-4-10(13)16/h2-4,8,11-12,19H,5-7H2,1H3,(H2,17,18,20). The summed E-state index contributed by atoms with van der Waals surface area (Å²) in [5, 5.41) is 16.3. The Labute approximate surface area is 133 Å². The normalized spacial score (nSPS) is 22.9. The van der Waals surface area contributed by atoms with E-state index >= 15 is 0 Å². The number of benzene rings is 1. The second-order valence-electron chi connectivity index (χ2n) is 4.98. The number of hydrogen-bond donors (Lipinski definition) is 3. The highest BCUT2D eigenvalue weighted by Crippen LogP contribution is 2.29. The highest BCUT2D eigenvalue weighted by atomic mass is 35.5. The highest BCUT2D eigenvalue weighted by molar-refractivity contribution is 6.36. The van der Waals surface area contributed by atoms with Crippen LogP contribution in [-0.2, 0) is 4.74 Å². The lowest BCUT2D eigenvalue weighted by Crippen LogP contribution is -2.45. The van der Waals surface area contributed by atoms with Gasteiger partial charge in [-0.05, 0) is 25.5 Å². The van der Waals surface area contributed by atoms with Gasteiger partial charge in [-0.15, -0.1) is 0 Å². The van der Waals surface area contributed by atoms with Gasteiger partial charge in [0.1, 0.15) is 0 Å². The van der Waals surface area contributed by atoms with Crippen LogP contribution in [0.15, 0.2) is 18.2 Å². The number of ether oxygens (including phenoxy) is 1. The highest BCUT2D eigenvalue weighted by Gasteiger charge is 2.25. The molecule has 0 aromatic heterocycles. The molecule has 3 atom stereocenters. The van der Waals surface area contributed by atoms with Gasteiger partial charge in [0.2, 0.25) is 0 Å². The number of aliphatic hydroxyl groups is 1. The molecule has 1 fully saturated rings. The van der Waals surface area contributed by atoms with Crippen LogP contribution in [-0.4, -0.2) is 36.4 Å². The maximum atomic E-state index is 11.8. The number of amides is 2. The number of carbonyl (C=O) groups excluding carboxylic acids is 1. The van der Waals surface area contributed by atoms with E-state index in [4.69, 9.17) is 27.9 Å². The second kappa shape index (κ2) is 7.31. The molecule has 0 bridgehead atoms. The van der Waals surface area contributed by atoms with Crippen molar-refractivity contribution in [3.05, 3.63) is 33.8 Å². The Morgan fingerprint density at radius 3 is 2.71 bits per heavy atom. The van der Waals surface area contributed by atoms with Crippen LogP contribution in [0, 0.1) is 0 Å². The zero-order valence-corrected chi connectivity index (χ0v) is 13.1. The molecule has 0 spiro atoms. The zero-order chi connectivity index (χ0) is 15.4. The van der Waals surface area contributed by atoms with Gasteiger partial charge in [0.25, 0.3) is 0 Å². The fourth-order valence-electron chi connectivity index (χ4n) is 2.26. The number of halogens is 2. The van der Waals surface area contributed by atoms with E-state index in [9.17, 15) is 9.90 Å². The van der Waals surface area contributed by atoms with E-state index in [2.05, 4.69) is 10.6 Å². The Hall–Kier alpha value is -1.01. The number of nitrogens with one attached hydrogen (secondary N) is 2. The van der Waals surface area contributed by atoms with Crippen molar-refractivity contribution in [3.8, 4) is 0 Å². The molecule has 0 radical (unpaired) electrons. The predicted octanol–water partition coefficient (Wildman–Crippen LogP) is 2.50. The van der Waals surface area contributed by atoms with E-state index in [1.165, 1.54) is 0 Å². The van der Waals surface area contributed by atoms with Crippen molar-refractivity contribution in [1.82, 2.24) is 10.6 Å². The quantitative estimate of drug-likeness (QED) is 0.793. The molecule has 21 heavy (non-hydrogen) atoms. The second-order valence-corrected chi connectivity index (χ2v) is 5.79. The fraction of sp³-hybridized carbons (Fsp3) is 0.500. The van der Waals surface area contributed by atoms with Crippen molar-refractivity contribution in [2.45, 2.75) is 31.6 Å². The molecule has 3 unspecified atom stereocenters. The third-order valence-electron chi connectivity index (χ3n) is 3.48. The summed E-state index contributed by atoms with van der Waals surface area (Å²) in [6.07, 6.45) is -0.180. The molecule has 2 amide bonds. The van der Waals surface area contributed by atoms with Crippen molar-refractivity contribution < 1.29 is 14.6 Å². The molecule has 3 N–H and O–H groups in total. The summed E-state index contributed by atoms with van der Waals surface area (Å²) in [6.45, 7) is 2.58. The Morgan fingerprint density at radius 1 is 1.48 bits per heavy atom. The molecule has 7 heteroatoms. The van der Waals surface area contributed by atoms with Gasteiger partial charge in [0, 0.05) is 28.8 Å². The largest absolute Gasteiger partial charge is 0.386 e. The third-order valence-corrected chi connectivity index (χ3v) is 4.14. The van der Waals surface area contributed by atoms with Gasteiger partial charge >= 0.3 is 6.03 Å². The van der Waals surface area contributed by atoms with Crippen molar-refractivity contribution in [3.63, 3.8) is 0 Å². The number of urea groups is 1. The van der Waals surface area contributed by atoms with E-state index in [1.807, 2.05) is 6.92 Å². The van der Waals surface area contributed by atoms with Crippen molar-refractivity contribution >= 4 is 29.2 Å². The smallest absolute Gasteiger partial charge is 0.315 e. The molecule has 2 rings (SSSR count). The van der Waals surface area contributed by atoms with Crippen LogP contribution in [0.5, 0.6) is 0 Å². The maximum Gasteiger partial charge on any atom is 0.315 e. The average molecular weight is 333 g/mol. The minimum absolute atomic E-state index is 0.00122. The Morgan fingerprint density at radius 2 is 2.14 bits per heavy atom. The molecule has 1 aromatic rings. The van der Waals surface area contributed by atoms with Crippen LogP contribution in [0.2, 0.25) is 10.0 Å². The number of hydrogen-bond acceptors (Lipinski definition) is 3. The number of rotatable bonds is 4. The average Bonchev–Trinajstić information content (AvgIpc) is 2.82. The Bertz CT molecular complexity index is 493. The van der Waals surface area contributed by atoms with Crippen LogP contribution in [0.3, 0.4) is 0 Å². The number of aliphatic hydroxyl groups excluding tert-OH is 1. The van der Waals surface area contributed by atoms with Crippen LogP contribution >= 0.6 is 23.2 Å². The van der Waals surface area contributed by atoms with Crippen molar-refractivity contribution in [1.29, 1.82) is 0 Å². The molecule has 1 aliphatic rings. The van der Waals surface area contributed by atoms with E-state index in [1.54, 1.807) is 18.2 Å². The summed E-state index contributed by atoms with van der Waals surface area (Å²) in [4.78, 5) is 11.8. The monoisotopic (exact) mass is 332 g/mol. The summed E-state index contributed by atoms with van der Waals surface area (Å²) in [5.74, 6) is 0. The van der Waals surface area contributed by atoms with Crippen molar-refractivity contribution in [2.24, 2.45) is 0 Å². The summed E-state index contributed by atoms with van der Waals surface area (Å²) in [5.41, 5.74) is 0.415. The van der Waals surface area contributed by atoms with Gasteiger partial charge < -0.3 is 20.5 Å². The Kier molecular flexibility index (Phi) is 5.70. The molecule has 1 saturated heterocycles. The molecule has 1 aliphatic heterocycles. The lowest BCUT2D eigenvalue weighted by Gasteiger charge is -2.19. The molecule has 1 heterocycles. The molecule has 0 aliphatic carbocycles. The van der Waals surface area contributed by atoms with Crippen molar-refractivity contribution in [2.75, 3.05) is 13.2 Å². The fourth-order valence-corrected chi connectivity index (χ4v) is 2.91. The summed E-state index contributed by atoms with van der Waals surface area (Å²) >= 11 is 12.0. The SMILES string of the molecule is CC1OCCC1NC(=O)NCC(O)c1c(Cl)cccc1Cl. The zero-order valence-electron chi connectivity index (χ0n) is 11.6. The molecule has 5 nitrogen and oxygen atoms in total. The number of carbonyl (C=O) groups is 1. The summed E-state index contributed by atoms with van der Waals surface area (Å²) in [7, 11) is 0. The van der Waals surface area contributed by atoms with E-state index < -0.39 is 6.10 Å². The topological polar surface area (TPSA) is 70.6 Å². The van der Waals surface area contributed by atoms with Gasteiger partial charge in [0.05, 0.1) is 18.2 Å². The first-order valence-electron chi connectivity index (χ1n) is 6.77. The third kappa shape index (κ3) is 4.23. The van der Waals surface area contributed by atoms with Crippen LogP contribution in [0.4, 0.5) is 4.79 Å². The van der Waals surface area contributed by atoms with Gasteiger partial charge in [-0.3, -0.25) is 0 Å². The molecule has 1 aromatic carbocycles. The van der Waals surface area contributed by atoms with Gasteiger partial charge in [-0.25, -0.2) is 4.79 Å². The van der Waals surface area contributed by atoms with Gasteiger partial charge in [-0.1, -0.05) is 29.3 Å².